The molecule has 0 aliphatic carbocycles. The van der Waals surface area contributed by atoms with E-state index in [1.165, 1.54) is 5.56 Å². The van der Waals surface area contributed by atoms with Crippen LogP contribution in [0, 0.1) is 0 Å². The molecule has 6 heteroatoms. The lowest BCUT2D eigenvalue weighted by molar-refractivity contribution is 0.169. The molecule has 2 heterocycles. The average Bonchev–Trinajstić information content (AvgIpc) is 2.97. The number of nitrogens with one attached hydrogen (secondary N) is 2. The topological polar surface area (TPSA) is 62.2 Å². The van der Waals surface area contributed by atoms with E-state index in [4.69, 9.17) is 0 Å². The Hall–Kier alpha value is -1.56. The summed E-state index contributed by atoms with van der Waals surface area (Å²) in [5.74, 6) is 0. The van der Waals surface area contributed by atoms with Crippen LogP contribution in [-0.2, 0) is 5.54 Å². The van der Waals surface area contributed by atoms with Gasteiger partial charge in [-0.3, -0.25) is 4.68 Å². The van der Waals surface area contributed by atoms with Gasteiger partial charge in [0.2, 0.25) is 0 Å². The second kappa shape index (κ2) is 7.34. The minimum Gasteiger partial charge on any atom is -0.338 e. The van der Waals surface area contributed by atoms with Gasteiger partial charge < -0.3 is 15.5 Å². The number of carbonyl (C=O) groups excluding carboxylic acids is 1. The van der Waals surface area contributed by atoms with E-state index >= 15 is 0 Å². The van der Waals surface area contributed by atoms with Gasteiger partial charge in [-0.15, -0.1) is 0 Å². The number of hydrogen-bond donors (Lipinski definition) is 2. The van der Waals surface area contributed by atoms with Crippen molar-refractivity contribution in [1.29, 1.82) is 0 Å². The largest absolute Gasteiger partial charge is 0.338 e. The fourth-order valence-corrected chi connectivity index (χ4v) is 3.26. The maximum atomic E-state index is 11.9. The number of urea groups is 1. The van der Waals surface area contributed by atoms with Crippen molar-refractivity contribution in [1.82, 2.24) is 25.3 Å². The third-order valence-corrected chi connectivity index (χ3v) is 4.43. The van der Waals surface area contributed by atoms with Crippen LogP contribution in [0.5, 0.6) is 0 Å². The first kappa shape index (κ1) is 17.8. The van der Waals surface area contributed by atoms with Crippen molar-refractivity contribution < 1.29 is 4.79 Å². The number of likely N-dealkylation sites (tertiary alicyclic amines) is 1. The van der Waals surface area contributed by atoms with Gasteiger partial charge in [-0.2, -0.15) is 5.10 Å². The first-order chi connectivity index (χ1) is 10.8. The third kappa shape index (κ3) is 4.47. The SMILES string of the molecule is CCNC(=O)N1CCC(n2cc(C(C)(C)NC(C)C)cn2)CC1. The molecule has 130 valence electrons. The maximum Gasteiger partial charge on any atom is 0.317 e. The van der Waals surface area contributed by atoms with E-state index in [1.807, 2.05) is 18.0 Å². The molecule has 0 spiro atoms. The molecule has 2 N–H and O–H groups in total. The predicted molar refractivity (Wildman–Crippen MR) is 92.4 cm³/mol. The van der Waals surface area contributed by atoms with Crippen LogP contribution in [0.25, 0.3) is 0 Å². The van der Waals surface area contributed by atoms with Crippen LogP contribution < -0.4 is 10.6 Å². The Balaban J connectivity index is 1.96. The van der Waals surface area contributed by atoms with Crippen molar-refractivity contribution >= 4 is 6.03 Å². The molecule has 0 bridgehead atoms. The summed E-state index contributed by atoms with van der Waals surface area (Å²) in [5.41, 5.74) is 1.12. The van der Waals surface area contributed by atoms with Gasteiger partial charge in [-0.05, 0) is 33.6 Å². The molecule has 1 aromatic rings. The minimum atomic E-state index is -0.0892. The van der Waals surface area contributed by atoms with Gasteiger partial charge in [0, 0.05) is 43.0 Å². The van der Waals surface area contributed by atoms with E-state index in [0.29, 0.717) is 18.6 Å². The summed E-state index contributed by atoms with van der Waals surface area (Å²) in [7, 11) is 0. The van der Waals surface area contributed by atoms with Crippen molar-refractivity contribution in [2.24, 2.45) is 0 Å². The first-order valence-corrected chi connectivity index (χ1v) is 8.68. The normalized spacial score (nSPS) is 16.9. The van der Waals surface area contributed by atoms with Gasteiger partial charge in [-0.1, -0.05) is 13.8 Å². The molecule has 0 unspecified atom stereocenters. The lowest BCUT2D eigenvalue weighted by Gasteiger charge is -2.32. The first-order valence-electron chi connectivity index (χ1n) is 8.68. The molecule has 23 heavy (non-hydrogen) atoms. The third-order valence-electron chi connectivity index (χ3n) is 4.43. The van der Waals surface area contributed by atoms with Gasteiger partial charge >= 0.3 is 6.03 Å². The average molecular weight is 321 g/mol. The molecule has 2 rings (SSSR count). The molecule has 1 saturated heterocycles. The second-order valence-corrected chi connectivity index (χ2v) is 7.19. The summed E-state index contributed by atoms with van der Waals surface area (Å²) >= 11 is 0. The molecule has 1 aliphatic heterocycles. The van der Waals surface area contributed by atoms with Crippen LogP contribution in [0.1, 0.15) is 59.1 Å². The summed E-state index contributed by atoms with van der Waals surface area (Å²) in [4.78, 5) is 13.8. The molecular formula is C17H31N5O. The molecule has 1 aliphatic rings. The fraction of sp³-hybridized carbons (Fsp3) is 0.765. The smallest absolute Gasteiger partial charge is 0.317 e. The van der Waals surface area contributed by atoms with E-state index in [-0.39, 0.29) is 11.6 Å². The van der Waals surface area contributed by atoms with Crippen LogP contribution in [0.3, 0.4) is 0 Å². The van der Waals surface area contributed by atoms with Crippen LogP contribution in [0.4, 0.5) is 4.79 Å². The highest BCUT2D eigenvalue weighted by molar-refractivity contribution is 5.74. The van der Waals surface area contributed by atoms with Gasteiger partial charge in [0.1, 0.15) is 0 Å². The monoisotopic (exact) mass is 321 g/mol. The minimum absolute atomic E-state index is 0.0503. The van der Waals surface area contributed by atoms with Crippen molar-refractivity contribution in [3.05, 3.63) is 18.0 Å². The van der Waals surface area contributed by atoms with E-state index in [2.05, 4.69) is 54.3 Å². The lowest BCUT2D eigenvalue weighted by Crippen LogP contribution is -2.44. The molecule has 0 aromatic carbocycles. The highest BCUT2D eigenvalue weighted by Gasteiger charge is 2.27. The van der Waals surface area contributed by atoms with Crippen molar-refractivity contribution in [2.45, 2.75) is 65.1 Å². The Morgan fingerprint density at radius 2 is 2.04 bits per heavy atom. The number of carbonyl (C=O) groups is 1. The Bertz CT molecular complexity index is 515. The Morgan fingerprint density at radius 1 is 1.39 bits per heavy atom. The molecule has 2 amide bonds. The van der Waals surface area contributed by atoms with Crippen LogP contribution in [0.15, 0.2) is 12.4 Å². The molecule has 0 saturated carbocycles. The van der Waals surface area contributed by atoms with Crippen LogP contribution in [0.2, 0.25) is 0 Å². The van der Waals surface area contributed by atoms with Crippen LogP contribution >= 0.6 is 0 Å². The fourth-order valence-electron chi connectivity index (χ4n) is 3.26. The molecule has 6 nitrogen and oxygen atoms in total. The predicted octanol–water partition coefficient (Wildman–Crippen LogP) is 2.48. The standard InChI is InChI=1S/C17H31N5O/c1-6-18-16(23)21-9-7-15(8-10-21)22-12-14(11-19-22)17(4,5)20-13(2)3/h11-13,15,20H,6-10H2,1-5H3,(H,18,23). The molecule has 0 atom stereocenters. The zero-order valence-corrected chi connectivity index (χ0v) is 15.1. The van der Waals surface area contributed by atoms with Gasteiger partial charge in [0.15, 0.2) is 0 Å². The van der Waals surface area contributed by atoms with E-state index in [9.17, 15) is 4.79 Å². The van der Waals surface area contributed by atoms with Crippen molar-refractivity contribution in [2.75, 3.05) is 19.6 Å². The number of piperidine rings is 1. The summed E-state index contributed by atoms with van der Waals surface area (Å²) in [6.07, 6.45) is 6.03. The zero-order chi connectivity index (χ0) is 17.0. The summed E-state index contributed by atoms with van der Waals surface area (Å²) < 4.78 is 2.08. The van der Waals surface area contributed by atoms with Gasteiger partial charge in [0.05, 0.1) is 12.2 Å². The summed E-state index contributed by atoms with van der Waals surface area (Å²) in [6.45, 7) is 12.9. The van der Waals surface area contributed by atoms with E-state index in [1.54, 1.807) is 0 Å². The van der Waals surface area contributed by atoms with E-state index < -0.39 is 0 Å². The number of rotatable bonds is 5. The number of nitrogens with zero attached hydrogens (tertiary/aromatic N) is 3. The number of hydrogen-bond acceptors (Lipinski definition) is 3. The highest BCUT2D eigenvalue weighted by Crippen LogP contribution is 2.25. The maximum absolute atomic E-state index is 11.9. The quantitative estimate of drug-likeness (QED) is 0.876. The highest BCUT2D eigenvalue weighted by atomic mass is 16.2. The zero-order valence-electron chi connectivity index (χ0n) is 15.1. The molecule has 0 radical (unpaired) electrons. The number of amides is 2. The molecule has 1 aromatic heterocycles. The van der Waals surface area contributed by atoms with Crippen molar-refractivity contribution in [3.63, 3.8) is 0 Å². The Kier molecular flexibility index (Phi) is 5.68. The Morgan fingerprint density at radius 3 is 2.61 bits per heavy atom. The number of aromatic nitrogens is 2. The second-order valence-electron chi connectivity index (χ2n) is 7.19. The molecular weight excluding hydrogens is 290 g/mol. The van der Waals surface area contributed by atoms with Crippen LogP contribution in [-0.4, -0.2) is 46.4 Å². The molecule has 1 fully saturated rings. The summed E-state index contributed by atoms with van der Waals surface area (Å²) in [6, 6.07) is 0.854. The van der Waals surface area contributed by atoms with Gasteiger partial charge in [0.25, 0.3) is 0 Å². The van der Waals surface area contributed by atoms with Gasteiger partial charge in [-0.25, -0.2) is 4.79 Å². The Labute approximate surface area is 139 Å². The van der Waals surface area contributed by atoms with Crippen molar-refractivity contribution in [3.8, 4) is 0 Å². The summed E-state index contributed by atoms with van der Waals surface area (Å²) in [5, 5.41) is 11.0. The van der Waals surface area contributed by atoms with E-state index in [0.717, 1.165) is 25.9 Å². The lowest BCUT2D eigenvalue weighted by atomic mass is 9.96.